The molecule has 0 aromatic heterocycles. The molecule has 2 saturated carbocycles. The van der Waals surface area contributed by atoms with Gasteiger partial charge in [0.05, 0.1) is 0 Å². The highest BCUT2D eigenvalue weighted by Crippen LogP contribution is 2.37. The molecule has 0 atom stereocenters. The third-order valence-corrected chi connectivity index (χ3v) is 7.25. The fourth-order valence-electron chi connectivity index (χ4n) is 5.24. The SMILES string of the molecule is CCCCCc1ccc([C@H]2CC[C@H](/C=C/[C@H]3CC[C@H](C=C(F)C#N)CC3)CC2)cc1. The largest absolute Gasteiger partial charge is 0.196 e. The Morgan fingerprint density at radius 3 is 2.03 bits per heavy atom. The summed E-state index contributed by atoms with van der Waals surface area (Å²) in [5, 5.41) is 8.58. The van der Waals surface area contributed by atoms with Crippen molar-refractivity contribution in [1.29, 1.82) is 5.26 Å². The zero-order valence-electron chi connectivity index (χ0n) is 18.7. The highest BCUT2D eigenvalue weighted by Gasteiger charge is 2.22. The lowest BCUT2D eigenvalue weighted by molar-refractivity contribution is 0.346. The van der Waals surface area contributed by atoms with Gasteiger partial charge < -0.3 is 0 Å². The zero-order valence-corrected chi connectivity index (χ0v) is 18.7. The van der Waals surface area contributed by atoms with Crippen molar-refractivity contribution in [2.45, 2.75) is 89.9 Å². The van der Waals surface area contributed by atoms with Crippen molar-refractivity contribution >= 4 is 0 Å². The van der Waals surface area contributed by atoms with E-state index in [1.165, 1.54) is 68.6 Å². The lowest BCUT2D eigenvalue weighted by atomic mass is 9.77. The molecule has 2 heteroatoms. The first kappa shape index (κ1) is 22.8. The first-order chi connectivity index (χ1) is 14.7. The van der Waals surface area contributed by atoms with Crippen LogP contribution in [0.3, 0.4) is 0 Å². The summed E-state index contributed by atoms with van der Waals surface area (Å²) >= 11 is 0. The molecule has 3 rings (SSSR count). The molecule has 1 aromatic rings. The van der Waals surface area contributed by atoms with Gasteiger partial charge in [-0.3, -0.25) is 0 Å². The second-order valence-corrected chi connectivity index (χ2v) is 9.50. The highest BCUT2D eigenvalue weighted by molar-refractivity contribution is 5.26. The molecule has 0 amide bonds. The molecule has 2 fully saturated rings. The second kappa shape index (κ2) is 12.1. The van der Waals surface area contributed by atoms with Crippen LogP contribution in [-0.2, 0) is 6.42 Å². The lowest BCUT2D eigenvalue weighted by Gasteiger charge is -2.28. The Hall–Kier alpha value is -1.88. The second-order valence-electron chi connectivity index (χ2n) is 9.50. The number of halogens is 1. The molecule has 0 bridgehead atoms. The van der Waals surface area contributed by atoms with E-state index in [0.717, 1.165) is 37.5 Å². The summed E-state index contributed by atoms with van der Waals surface area (Å²) in [7, 11) is 0. The van der Waals surface area contributed by atoms with E-state index < -0.39 is 5.83 Å². The van der Waals surface area contributed by atoms with Crippen LogP contribution in [0, 0.1) is 29.1 Å². The molecule has 0 unspecified atom stereocenters. The van der Waals surface area contributed by atoms with Gasteiger partial charge in [0.25, 0.3) is 0 Å². The highest BCUT2D eigenvalue weighted by atomic mass is 19.1. The number of allylic oxidation sites excluding steroid dienone is 4. The number of nitrogens with zero attached hydrogens (tertiary/aromatic N) is 1. The minimum absolute atomic E-state index is 0.253. The predicted molar refractivity (Wildman–Crippen MR) is 124 cm³/mol. The van der Waals surface area contributed by atoms with Gasteiger partial charge in [0.2, 0.25) is 0 Å². The number of hydrogen-bond donors (Lipinski definition) is 0. The van der Waals surface area contributed by atoms with Gasteiger partial charge in [-0.05, 0) is 105 Å². The molecule has 162 valence electrons. The van der Waals surface area contributed by atoms with E-state index in [4.69, 9.17) is 5.26 Å². The van der Waals surface area contributed by atoms with Crippen LogP contribution < -0.4 is 0 Å². The van der Waals surface area contributed by atoms with Crippen molar-refractivity contribution in [3.8, 4) is 6.07 Å². The molecular weight excluding hydrogens is 369 g/mol. The average Bonchev–Trinajstić information content (AvgIpc) is 2.79. The Bertz CT molecular complexity index is 723. The summed E-state index contributed by atoms with van der Waals surface area (Å²) in [5.41, 5.74) is 3.03. The number of unbranched alkanes of at least 4 members (excludes halogenated alkanes) is 2. The van der Waals surface area contributed by atoms with Gasteiger partial charge in [-0.15, -0.1) is 0 Å². The Kier molecular flexibility index (Phi) is 9.19. The number of nitriles is 1. The van der Waals surface area contributed by atoms with Crippen molar-refractivity contribution in [1.82, 2.24) is 0 Å². The molecular formula is C28H38FN. The summed E-state index contributed by atoms with van der Waals surface area (Å²) < 4.78 is 13.1. The fourth-order valence-corrected chi connectivity index (χ4v) is 5.24. The van der Waals surface area contributed by atoms with Crippen LogP contribution >= 0.6 is 0 Å². The Labute approximate surface area is 183 Å². The first-order valence-corrected chi connectivity index (χ1v) is 12.2. The zero-order chi connectivity index (χ0) is 21.2. The van der Waals surface area contributed by atoms with E-state index in [1.54, 1.807) is 6.07 Å². The van der Waals surface area contributed by atoms with Crippen molar-refractivity contribution in [3.05, 3.63) is 59.4 Å². The summed E-state index contributed by atoms with van der Waals surface area (Å²) in [6.45, 7) is 2.26. The minimum atomic E-state index is -0.614. The predicted octanol–water partition coefficient (Wildman–Crippen LogP) is 8.43. The first-order valence-electron chi connectivity index (χ1n) is 12.2. The van der Waals surface area contributed by atoms with Gasteiger partial charge in [-0.2, -0.15) is 9.65 Å². The molecule has 2 aliphatic rings. The van der Waals surface area contributed by atoms with Crippen LogP contribution in [-0.4, -0.2) is 0 Å². The maximum Gasteiger partial charge on any atom is 0.196 e. The molecule has 0 spiro atoms. The lowest BCUT2D eigenvalue weighted by Crippen LogP contribution is -2.14. The number of hydrogen-bond acceptors (Lipinski definition) is 1. The quantitative estimate of drug-likeness (QED) is 0.241. The molecule has 0 heterocycles. The Morgan fingerprint density at radius 1 is 0.900 bits per heavy atom. The fraction of sp³-hybridized carbons (Fsp3) is 0.607. The smallest absolute Gasteiger partial charge is 0.195 e. The maximum atomic E-state index is 13.1. The molecule has 30 heavy (non-hydrogen) atoms. The third-order valence-electron chi connectivity index (χ3n) is 7.25. The van der Waals surface area contributed by atoms with Crippen molar-refractivity contribution in [2.75, 3.05) is 0 Å². The normalized spacial score (nSPS) is 27.8. The van der Waals surface area contributed by atoms with Gasteiger partial charge in [-0.25, -0.2) is 0 Å². The van der Waals surface area contributed by atoms with Crippen LogP contribution in [0.1, 0.15) is 94.6 Å². The topological polar surface area (TPSA) is 23.8 Å². The van der Waals surface area contributed by atoms with Crippen LogP contribution in [0.2, 0.25) is 0 Å². The van der Waals surface area contributed by atoms with Crippen LogP contribution in [0.25, 0.3) is 0 Å². The summed E-state index contributed by atoms with van der Waals surface area (Å²) in [5.74, 6) is 1.73. The number of benzene rings is 1. The molecule has 0 saturated heterocycles. The van der Waals surface area contributed by atoms with Gasteiger partial charge in [0.15, 0.2) is 5.83 Å². The van der Waals surface area contributed by atoms with Gasteiger partial charge >= 0.3 is 0 Å². The van der Waals surface area contributed by atoms with Crippen molar-refractivity contribution < 1.29 is 4.39 Å². The molecule has 2 aliphatic carbocycles. The summed E-state index contributed by atoms with van der Waals surface area (Å²) in [4.78, 5) is 0. The van der Waals surface area contributed by atoms with Crippen LogP contribution in [0.15, 0.2) is 48.3 Å². The Morgan fingerprint density at radius 2 is 1.47 bits per heavy atom. The molecule has 0 N–H and O–H groups in total. The van der Waals surface area contributed by atoms with E-state index in [1.807, 2.05) is 0 Å². The average molecular weight is 408 g/mol. The molecule has 0 aliphatic heterocycles. The molecule has 0 radical (unpaired) electrons. The van der Waals surface area contributed by atoms with Gasteiger partial charge in [0, 0.05) is 0 Å². The van der Waals surface area contributed by atoms with E-state index in [2.05, 4.69) is 43.3 Å². The number of aryl methyl sites for hydroxylation is 1. The molecule has 1 aromatic carbocycles. The Balaban J connectivity index is 1.39. The summed E-state index contributed by atoms with van der Waals surface area (Å²) in [6, 6.07) is 11.1. The van der Waals surface area contributed by atoms with E-state index in [-0.39, 0.29) is 5.92 Å². The van der Waals surface area contributed by atoms with Gasteiger partial charge in [0.1, 0.15) is 6.07 Å². The summed E-state index contributed by atoms with van der Waals surface area (Å²) in [6.07, 6.45) is 21.0. The van der Waals surface area contributed by atoms with E-state index in [0.29, 0.717) is 5.92 Å². The van der Waals surface area contributed by atoms with E-state index in [9.17, 15) is 4.39 Å². The molecule has 1 nitrogen and oxygen atoms in total. The van der Waals surface area contributed by atoms with Crippen LogP contribution in [0.5, 0.6) is 0 Å². The third kappa shape index (κ3) is 7.12. The van der Waals surface area contributed by atoms with E-state index >= 15 is 0 Å². The van der Waals surface area contributed by atoms with Crippen LogP contribution in [0.4, 0.5) is 4.39 Å². The van der Waals surface area contributed by atoms with Crippen molar-refractivity contribution in [2.24, 2.45) is 17.8 Å². The monoisotopic (exact) mass is 407 g/mol. The minimum Gasteiger partial charge on any atom is -0.195 e. The number of rotatable bonds is 8. The maximum absolute atomic E-state index is 13.1. The van der Waals surface area contributed by atoms with Crippen molar-refractivity contribution in [3.63, 3.8) is 0 Å². The van der Waals surface area contributed by atoms with Gasteiger partial charge in [-0.1, -0.05) is 56.2 Å². The standard InChI is InChI=1S/C28H38FN/c1-2-3-4-5-22-12-16-26(17-13-22)27-18-14-24(15-19-27)7-6-23-8-10-25(11-9-23)20-28(29)21-30/h6-7,12-13,16-17,20,23-25,27H,2-5,8-11,14-15,18-19H2,1H3/b7-6+,28-20?/t23-,24-,25-,27-.